The molecule has 142 valence electrons. The van der Waals surface area contributed by atoms with Gasteiger partial charge in [-0.1, -0.05) is 39.8 Å². The van der Waals surface area contributed by atoms with Gasteiger partial charge in [-0.05, 0) is 51.1 Å². The molecule has 0 bridgehead atoms. The van der Waals surface area contributed by atoms with Crippen molar-refractivity contribution < 1.29 is 15.0 Å². The molecule has 1 saturated heterocycles. The van der Waals surface area contributed by atoms with Crippen LogP contribution in [0, 0.1) is 0 Å². The second-order valence-electron chi connectivity index (χ2n) is 4.84. The Kier molecular flexibility index (Phi) is 22.9. The number of hydrogen-bond donors (Lipinski definition) is 3. The minimum atomic E-state index is -0.300. The summed E-state index contributed by atoms with van der Waals surface area (Å²) < 4.78 is 0. The van der Waals surface area contributed by atoms with Crippen LogP contribution in [0.3, 0.4) is 0 Å². The number of rotatable bonds is 3. The van der Waals surface area contributed by atoms with E-state index in [0.29, 0.717) is 0 Å². The van der Waals surface area contributed by atoms with Gasteiger partial charge >= 0.3 is 0 Å². The lowest BCUT2D eigenvalue weighted by molar-refractivity contribution is -0.122. The molecule has 2 rings (SSSR count). The van der Waals surface area contributed by atoms with Crippen molar-refractivity contribution in [2.75, 3.05) is 6.54 Å². The molecule has 2 unspecified atom stereocenters. The summed E-state index contributed by atoms with van der Waals surface area (Å²) in [5.74, 6) is 0. The maximum absolute atomic E-state index is 10.0. The molecule has 0 saturated carbocycles. The second kappa shape index (κ2) is 19.9. The van der Waals surface area contributed by atoms with E-state index >= 15 is 0 Å². The summed E-state index contributed by atoms with van der Waals surface area (Å²) in [4.78, 5) is 9.44. The lowest BCUT2D eigenvalue weighted by Gasteiger charge is -2.26. The second-order valence-corrected chi connectivity index (χ2v) is 5.82. The highest BCUT2D eigenvalue weighted by molar-refractivity contribution is 7.10. The average molecular weight is 360 g/mol. The zero-order chi connectivity index (χ0) is 19.4. The minimum Gasteiger partial charge on any atom is -0.483 e. The van der Waals surface area contributed by atoms with Crippen molar-refractivity contribution in [3.05, 3.63) is 35.0 Å². The van der Waals surface area contributed by atoms with E-state index in [1.807, 2.05) is 52.1 Å². The monoisotopic (exact) mass is 359 g/mol. The zero-order valence-electron chi connectivity index (χ0n) is 16.2. The number of hydrogen-bond acceptors (Lipinski definition) is 4. The molecule has 0 amide bonds. The van der Waals surface area contributed by atoms with Crippen LogP contribution < -0.4 is 5.32 Å². The van der Waals surface area contributed by atoms with Crippen LogP contribution in [0.1, 0.15) is 71.8 Å². The topological polar surface area (TPSA) is 69.6 Å². The molecule has 1 fully saturated rings. The first-order valence-electron chi connectivity index (χ1n) is 8.64. The van der Waals surface area contributed by atoms with Gasteiger partial charge in [0.1, 0.15) is 0 Å². The first-order chi connectivity index (χ1) is 11.5. The van der Waals surface area contributed by atoms with Crippen molar-refractivity contribution in [1.82, 2.24) is 5.32 Å². The fourth-order valence-electron chi connectivity index (χ4n) is 2.14. The van der Waals surface area contributed by atoms with Crippen LogP contribution >= 0.6 is 11.3 Å². The lowest BCUT2D eigenvalue weighted by Crippen LogP contribution is -2.37. The normalized spacial score (nSPS) is 18.6. The van der Waals surface area contributed by atoms with Crippen LogP contribution in [0.4, 0.5) is 0 Å². The molecule has 1 aliphatic rings. The van der Waals surface area contributed by atoms with Crippen LogP contribution in [-0.2, 0) is 4.79 Å². The average Bonchev–Trinajstić information content (AvgIpc) is 3.25. The number of aliphatic hydroxyl groups is 1. The van der Waals surface area contributed by atoms with Crippen LogP contribution in [0.2, 0.25) is 0 Å². The minimum absolute atomic E-state index is 0.142. The van der Waals surface area contributed by atoms with Crippen LogP contribution in [0.15, 0.2) is 30.2 Å². The van der Waals surface area contributed by atoms with Gasteiger partial charge in [-0.2, -0.15) is 0 Å². The lowest BCUT2D eigenvalue weighted by atomic mass is 9.92. The SMILES string of the molecule is C=CC.CC.CC.CC1(CC(O)c2cccs2)CCCN1.O=CO. The highest BCUT2D eigenvalue weighted by Crippen LogP contribution is 2.31. The molecule has 0 radical (unpaired) electrons. The fraction of sp³-hybridized carbons (Fsp3) is 0.632. The molecule has 4 nitrogen and oxygen atoms in total. The van der Waals surface area contributed by atoms with Gasteiger partial charge < -0.3 is 15.5 Å². The van der Waals surface area contributed by atoms with Gasteiger partial charge in [-0.15, -0.1) is 17.9 Å². The van der Waals surface area contributed by atoms with Crippen LogP contribution in [0.5, 0.6) is 0 Å². The van der Waals surface area contributed by atoms with E-state index in [0.717, 1.165) is 17.8 Å². The number of nitrogens with one attached hydrogen (secondary N) is 1. The summed E-state index contributed by atoms with van der Waals surface area (Å²) in [6.45, 7) is 16.3. The molecule has 0 aliphatic carbocycles. The quantitative estimate of drug-likeness (QED) is 0.508. The van der Waals surface area contributed by atoms with E-state index in [1.54, 1.807) is 17.4 Å². The third-order valence-corrected chi connectivity index (χ3v) is 3.95. The van der Waals surface area contributed by atoms with Gasteiger partial charge in [0.25, 0.3) is 6.47 Å². The summed E-state index contributed by atoms with van der Waals surface area (Å²) >= 11 is 1.64. The van der Waals surface area contributed by atoms with E-state index in [1.165, 1.54) is 12.8 Å². The molecule has 24 heavy (non-hydrogen) atoms. The van der Waals surface area contributed by atoms with Gasteiger partial charge in [-0.25, -0.2) is 0 Å². The molecule has 2 heterocycles. The van der Waals surface area contributed by atoms with Crippen molar-refractivity contribution in [1.29, 1.82) is 0 Å². The van der Waals surface area contributed by atoms with Crippen molar-refractivity contribution >= 4 is 17.8 Å². The standard InChI is InChI=1S/C11H17NOS.C3H6.2C2H6.CH2O2/c1-11(5-3-6-12-11)8-9(13)10-4-2-7-14-10;1-3-2;2*1-2;2-1-3/h2,4,7,9,12-13H,3,5-6,8H2,1H3;3H,1H2,2H3;2*1-2H3;1H,(H,2,3). The summed E-state index contributed by atoms with van der Waals surface area (Å²) in [5.41, 5.74) is 0.142. The molecule has 1 aromatic heterocycles. The molecule has 0 aromatic carbocycles. The summed E-state index contributed by atoms with van der Waals surface area (Å²) in [7, 11) is 0. The molecule has 5 heteroatoms. The van der Waals surface area contributed by atoms with Gasteiger partial charge in [0.2, 0.25) is 0 Å². The molecule has 1 aromatic rings. The predicted octanol–water partition coefficient (Wildman–Crippen LogP) is 5.26. The number of thiophene rings is 1. The van der Waals surface area contributed by atoms with E-state index in [2.05, 4.69) is 18.8 Å². The Bertz CT molecular complexity index is 355. The maximum Gasteiger partial charge on any atom is 0.290 e. The molecule has 3 N–H and O–H groups in total. The maximum atomic E-state index is 10.0. The first-order valence-corrected chi connectivity index (χ1v) is 9.52. The predicted molar refractivity (Wildman–Crippen MR) is 107 cm³/mol. The first kappa shape index (κ1) is 27.7. The fourth-order valence-corrected chi connectivity index (χ4v) is 2.85. The van der Waals surface area contributed by atoms with Gasteiger partial charge in [-0.3, -0.25) is 4.79 Å². The van der Waals surface area contributed by atoms with Crippen molar-refractivity contribution in [3.63, 3.8) is 0 Å². The van der Waals surface area contributed by atoms with E-state index < -0.39 is 0 Å². The highest BCUT2D eigenvalue weighted by atomic mass is 32.1. The van der Waals surface area contributed by atoms with E-state index in [-0.39, 0.29) is 18.1 Å². The Morgan fingerprint density at radius 1 is 1.42 bits per heavy atom. The summed E-state index contributed by atoms with van der Waals surface area (Å²) in [5, 5.41) is 22.4. The zero-order valence-corrected chi connectivity index (χ0v) is 17.0. The van der Waals surface area contributed by atoms with E-state index in [9.17, 15) is 5.11 Å². The third-order valence-electron chi connectivity index (χ3n) is 2.97. The van der Waals surface area contributed by atoms with Gasteiger partial charge in [0, 0.05) is 10.4 Å². The van der Waals surface area contributed by atoms with Crippen molar-refractivity contribution in [2.45, 2.75) is 72.4 Å². The molecule has 2 atom stereocenters. The Morgan fingerprint density at radius 3 is 2.25 bits per heavy atom. The number of carboxylic acid groups (broad SMARTS) is 1. The Balaban J connectivity index is -0.000000374. The highest BCUT2D eigenvalue weighted by Gasteiger charge is 2.30. The molecular formula is C19H37NO3S. The number of aliphatic hydroxyl groups excluding tert-OH is 1. The summed E-state index contributed by atoms with van der Waals surface area (Å²) in [6, 6.07) is 4.00. The van der Waals surface area contributed by atoms with Gasteiger partial charge in [0.15, 0.2) is 0 Å². The Labute approximate surface area is 152 Å². The number of allylic oxidation sites excluding steroid dienone is 1. The van der Waals surface area contributed by atoms with Crippen molar-refractivity contribution in [2.24, 2.45) is 0 Å². The third kappa shape index (κ3) is 14.4. The summed E-state index contributed by atoms with van der Waals surface area (Å²) in [6.07, 6.45) is 4.68. The van der Waals surface area contributed by atoms with Gasteiger partial charge in [0.05, 0.1) is 6.10 Å². The smallest absolute Gasteiger partial charge is 0.290 e. The Hall–Kier alpha value is -1.17. The molecule has 1 aliphatic heterocycles. The van der Waals surface area contributed by atoms with Crippen LogP contribution in [-0.4, -0.2) is 28.8 Å². The molecular weight excluding hydrogens is 322 g/mol. The van der Waals surface area contributed by atoms with E-state index in [4.69, 9.17) is 9.90 Å². The largest absolute Gasteiger partial charge is 0.483 e. The molecule has 0 spiro atoms. The Morgan fingerprint density at radius 2 is 1.92 bits per heavy atom. The van der Waals surface area contributed by atoms with Crippen LogP contribution in [0.25, 0.3) is 0 Å². The van der Waals surface area contributed by atoms with Crippen molar-refractivity contribution in [3.8, 4) is 0 Å². The number of carbonyl (C=O) groups is 1.